The fraction of sp³-hybridized carbons (Fsp3) is 0.273. The number of pyridine rings is 1. The number of likely N-dealkylation sites (tertiary alicyclic amines) is 1. The first kappa shape index (κ1) is 19.6. The maximum absolute atomic E-state index is 13.2. The van der Waals surface area contributed by atoms with E-state index in [1.165, 1.54) is 5.56 Å². The van der Waals surface area contributed by atoms with E-state index in [0.29, 0.717) is 36.6 Å². The molecule has 1 fully saturated rings. The lowest BCUT2D eigenvalue weighted by Gasteiger charge is -2.32. The van der Waals surface area contributed by atoms with E-state index < -0.39 is 7.12 Å². The van der Waals surface area contributed by atoms with Crippen LogP contribution in [-0.4, -0.2) is 46.0 Å². The molecular formula is C22H24BN3O3. The van der Waals surface area contributed by atoms with Gasteiger partial charge in [-0.1, -0.05) is 36.4 Å². The molecule has 1 aliphatic rings. The third-order valence-corrected chi connectivity index (χ3v) is 5.69. The molecule has 1 aliphatic heterocycles. The number of carbonyl (C=O) groups is 1. The molecule has 0 spiro atoms. The van der Waals surface area contributed by atoms with Crippen LogP contribution in [0.25, 0.3) is 10.9 Å². The molecule has 0 atom stereocenters. The number of piperidine rings is 1. The third-order valence-electron chi connectivity index (χ3n) is 5.69. The fourth-order valence-electron chi connectivity index (χ4n) is 4.06. The number of amides is 1. The lowest BCUT2D eigenvalue weighted by atomic mass is 9.85. The Morgan fingerprint density at radius 2 is 1.86 bits per heavy atom. The molecule has 6 nitrogen and oxygen atoms in total. The number of benzene rings is 2. The zero-order valence-electron chi connectivity index (χ0n) is 16.2. The van der Waals surface area contributed by atoms with Gasteiger partial charge in [-0.05, 0) is 48.1 Å². The van der Waals surface area contributed by atoms with Crippen LogP contribution in [0.3, 0.4) is 0 Å². The predicted molar refractivity (Wildman–Crippen MR) is 114 cm³/mol. The van der Waals surface area contributed by atoms with E-state index in [1.807, 2.05) is 11.0 Å². The van der Waals surface area contributed by atoms with Crippen LogP contribution in [0, 0.1) is 0 Å². The summed E-state index contributed by atoms with van der Waals surface area (Å²) in [6, 6.07) is 17.0. The molecule has 1 amide bonds. The molecule has 1 saturated heterocycles. The third kappa shape index (κ3) is 4.03. The van der Waals surface area contributed by atoms with Gasteiger partial charge in [-0.3, -0.25) is 9.78 Å². The summed E-state index contributed by atoms with van der Waals surface area (Å²) >= 11 is 0. The number of hydrogen-bond donors (Lipinski definition) is 3. The average Bonchev–Trinajstić information content (AvgIpc) is 2.78. The zero-order valence-corrected chi connectivity index (χ0v) is 16.2. The summed E-state index contributed by atoms with van der Waals surface area (Å²) in [7, 11) is -1.63. The van der Waals surface area contributed by atoms with Gasteiger partial charge in [-0.2, -0.15) is 0 Å². The van der Waals surface area contributed by atoms with E-state index in [4.69, 9.17) is 5.73 Å². The van der Waals surface area contributed by atoms with Gasteiger partial charge in [0.1, 0.15) is 0 Å². The van der Waals surface area contributed by atoms with Crippen LogP contribution >= 0.6 is 0 Å². The summed E-state index contributed by atoms with van der Waals surface area (Å²) in [5.41, 5.74) is 9.53. The van der Waals surface area contributed by atoms with E-state index >= 15 is 0 Å². The van der Waals surface area contributed by atoms with E-state index in [1.54, 1.807) is 30.3 Å². The number of nitrogens with zero attached hydrogens (tertiary/aromatic N) is 2. The van der Waals surface area contributed by atoms with Crippen molar-refractivity contribution >= 4 is 29.5 Å². The quantitative estimate of drug-likeness (QED) is 0.586. The topological polar surface area (TPSA) is 99.7 Å². The van der Waals surface area contributed by atoms with Crippen molar-refractivity contribution in [3.63, 3.8) is 0 Å². The number of fused-ring (bicyclic) bond motifs is 1. The van der Waals surface area contributed by atoms with E-state index in [2.05, 4.69) is 23.2 Å². The summed E-state index contributed by atoms with van der Waals surface area (Å²) < 4.78 is 0. The molecule has 4 rings (SSSR count). The summed E-state index contributed by atoms with van der Waals surface area (Å²) in [5, 5.41) is 19.4. The molecule has 0 radical (unpaired) electrons. The Balaban J connectivity index is 1.51. The van der Waals surface area contributed by atoms with Gasteiger partial charge in [0.2, 0.25) is 0 Å². The number of carbonyl (C=O) groups excluding carboxylic acids is 1. The highest BCUT2D eigenvalue weighted by Gasteiger charge is 2.26. The first-order valence-corrected chi connectivity index (χ1v) is 9.91. The Bertz CT molecular complexity index is 1030. The van der Waals surface area contributed by atoms with Crippen molar-refractivity contribution in [1.29, 1.82) is 0 Å². The Labute approximate surface area is 170 Å². The SMILES string of the molecule is NCc1cccc(C2CCN(C(=O)c3cccc4nc(B(O)O)ccc34)CC2)c1. The standard InChI is InChI=1S/C22H24BN3O3/c24-14-15-3-1-4-17(13-15)16-9-11-26(12-10-16)22(27)19-5-2-6-20-18(19)7-8-21(25-20)23(28)29/h1-8,13,16,28-29H,9-12,14,24H2. The second-order valence-corrected chi connectivity index (χ2v) is 7.50. The molecule has 0 unspecified atom stereocenters. The number of hydrogen-bond acceptors (Lipinski definition) is 5. The molecular weight excluding hydrogens is 365 g/mol. The Morgan fingerprint density at radius 1 is 1.10 bits per heavy atom. The van der Waals surface area contributed by atoms with Crippen LogP contribution < -0.4 is 11.3 Å². The molecule has 2 heterocycles. The average molecular weight is 389 g/mol. The maximum Gasteiger partial charge on any atom is 0.508 e. The lowest BCUT2D eigenvalue weighted by Crippen LogP contribution is -2.38. The number of aromatic nitrogens is 1. The second-order valence-electron chi connectivity index (χ2n) is 7.50. The van der Waals surface area contributed by atoms with Crippen LogP contribution in [0.5, 0.6) is 0 Å². The molecule has 148 valence electrons. The molecule has 4 N–H and O–H groups in total. The molecule has 0 saturated carbocycles. The molecule has 29 heavy (non-hydrogen) atoms. The van der Waals surface area contributed by atoms with Crippen LogP contribution in [-0.2, 0) is 6.54 Å². The minimum atomic E-state index is -1.63. The molecule has 1 aromatic heterocycles. The molecule has 3 aromatic rings. The van der Waals surface area contributed by atoms with Gasteiger partial charge in [-0.25, -0.2) is 0 Å². The van der Waals surface area contributed by atoms with Crippen LogP contribution in [0.1, 0.15) is 40.2 Å². The smallest absolute Gasteiger partial charge is 0.422 e. The number of nitrogens with two attached hydrogens (primary N) is 1. The van der Waals surface area contributed by atoms with Crippen molar-refractivity contribution in [2.75, 3.05) is 13.1 Å². The van der Waals surface area contributed by atoms with Crippen LogP contribution in [0.2, 0.25) is 0 Å². The zero-order chi connectivity index (χ0) is 20.4. The summed E-state index contributed by atoms with van der Waals surface area (Å²) in [5.74, 6) is 0.428. The van der Waals surface area contributed by atoms with Gasteiger partial charge in [-0.15, -0.1) is 0 Å². The van der Waals surface area contributed by atoms with Crippen molar-refractivity contribution in [3.05, 3.63) is 71.3 Å². The van der Waals surface area contributed by atoms with Crippen molar-refractivity contribution in [1.82, 2.24) is 9.88 Å². The highest BCUT2D eigenvalue weighted by molar-refractivity contribution is 6.57. The normalized spacial score (nSPS) is 14.9. The first-order valence-electron chi connectivity index (χ1n) is 9.91. The monoisotopic (exact) mass is 389 g/mol. The minimum absolute atomic E-state index is 0.0103. The van der Waals surface area contributed by atoms with Crippen molar-refractivity contribution in [2.45, 2.75) is 25.3 Å². The predicted octanol–water partition coefficient (Wildman–Crippen LogP) is 1.39. The van der Waals surface area contributed by atoms with Gasteiger partial charge in [0, 0.05) is 30.6 Å². The van der Waals surface area contributed by atoms with Crippen LogP contribution in [0.4, 0.5) is 0 Å². The Kier molecular flexibility index (Phi) is 5.62. The summed E-state index contributed by atoms with van der Waals surface area (Å²) in [4.78, 5) is 19.3. The highest BCUT2D eigenvalue weighted by Crippen LogP contribution is 2.30. The van der Waals surface area contributed by atoms with Gasteiger partial charge >= 0.3 is 7.12 Å². The van der Waals surface area contributed by atoms with Gasteiger partial charge < -0.3 is 20.7 Å². The van der Waals surface area contributed by atoms with Gasteiger partial charge in [0.25, 0.3) is 5.91 Å². The van der Waals surface area contributed by atoms with Crippen molar-refractivity contribution < 1.29 is 14.8 Å². The van der Waals surface area contributed by atoms with E-state index in [0.717, 1.165) is 23.8 Å². The van der Waals surface area contributed by atoms with Gasteiger partial charge in [0.05, 0.1) is 11.1 Å². The second kappa shape index (κ2) is 8.33. The van der Waals surface area contributed by atoms with Crippen molar-refractivity contribution in [3.8, 4) is 0 Å². The van der Waals surface area contributed by atoms with Crippen LogP contribution in [0.15, 0.2) is 54.6 Å². The largest absolute Gasteiger partial charge is 0.508 e. The molecule has 0 bridgehead atoms. The molecule has 7 heteroatoms. The van der Waals surface area contributed by atoms with Crippen molar-refractivity contribution in [2.24, 2.45) is 5.73 Å². The first-order chi connectivity index (χ1) is 14.1. The minimum Gasteiger partial charge on any atom is -0.422 e. The number of rotatable bonds is 4. The Morgan fingerprint density at radius 3 is 2.59 bits per heavy atom. The summed E-state index contributed by atoms with van der Waals surface area (Å²) in [6.07, 6.45) is 1.84. The highest BCUT2D eigenvalue weighted by atomic mass is 16.4. The van der Waals surface area contributed by atoms with E-state index in [9.17, 15) is 14.8 Å². The Hall–Kier alpha value is -2.74. The summed E-state index contributed by atoms with van der Waals surface area (Å²) in [6.45, 7) is 1.94. The van der Waals surface area contributed by atoms with Gasteiger partial charge in [0.15, 0.2) is 0 Å². The molecule has 0 aliphatic carbocycles. The fourth-order valence-corrected chi connectivity index (χ4v) is 4.06. The lowest BCUT2D eigenvalue weighted by molar-refractivity contribution is 0.0715. The maximum atomic E-state index is 13.2. The van der Waals surface area contributed by atoms with E-state index in [-0.39, 0.29) is 11.5 Å². The molecule has 2 aromatic carbocycles.